The van der Waals surface area contributed by atoms with Crippen molar-refractivity contribution in [2.75, 3.05) is 0 Å². The standard InChI is InChI=1S/C24H12Br2N2S.2ClH.Zr/c25-23-21(17-9-13-5-1-3-7-15(13)19(17)11-27-23)29-22-18-10-14-6-2-4-8-16(14)20(18)12-28-24(22)26;;;/h1-10,27-28H;2*1H;/q;;;+2/p-2. The van der Waals surface area contributed by atoms with E-state index in [1.54, 1.807) is 0 Å². The van der Waals surface area contributed by atoms with Crippen LogP contribution in [0.25, 0.3) is 43.8 Å². The molecule has 2 nitrogen and oxygen atoms in total. The molecule has 0 radical (unpaired) electrons. The zero-order valence-corrected chi connectivity index (χ0v) is 24.2. The van der Waals surface area contributed by atoms with Gasteiger partial charge >= 0.3 is 207 Å². The summed E-state index contributed by atoms with van der Waals surface area (Å²) < 4.78 is 4.97. The van der Waals surface area contributed by atoms with Gasteiger partial charge in [0.15, 0.2) is 0 Å². The van der Waals surface area contributed by atoms with Crippen LogP contribution in [0.3, 0.4) is 0 Å². The number of hydrogen-bond donors (Lipinski definition) is 2. The van der Waals surface area contributed by atoms with Crippen molar-refractivity contribution in [2.24, 2.45) is 0 Å². The Morgan fingerprint density at radius 3 is 1.56 bits per heavy atom. The van der Waals surface area contributed by atoms with Crippen molar-refractivity contribution < 1.29 is 48.0 Å². The fourth-order valence-electron chi connectivity index (χ4n) is 4.65. The fourth-order valence-corrected chi connectivity index (χ4v) is 11.4. The average Bonchev–Trinajstić information content (AvgIpc) is 3.32. The number of pyridine rings is 2. The molecule has 0 spiro atoms. The van der Waals surface area contributed by atoms with Gasteiger partial charge in [0.25, 0.3) is 0 Å². The molecule has 0 saturated heterocycles. The molecule has 2 N–H and O–H groups in total. The van der Waals surface area contributed by atoms with Crippen molar-refractivity contribution in [3.8, 4) is 22.3 Å². The molecule has 2 aromatic rings. The van der Waals surface area contributed by atoms with Gasteiger partial charge in [-0.25, -0.2) is 0 Å². The molecule has 0 atom stereocenters. The van der Waals surface area contributed by atoms with Gasteiger partial charge in [0.1, 0.15) is 0 Å². The third-order valence-electron chi connectivity index (χ3n) is 5.91. The molecule has 2 aliphatic carbocycles. The second-order valence-corrected chi connectivity index (χ2v) is 13.2. The van der Waals surface area contributed by atoms with Crippen molar-refractivity contribution in [2.45, 2.75) is 9.79 Å². The van der Waals surface area contributed by atoms with Crippen molar-refractivity contribution in [3.63, 3.8) is 0 Å². The van der Waals surface area contributed by atoms with Gasteiger partial charge in [-0.15, -0.1) is 0 Å². The maximum atomic E-state index is 3.87. The third kappa shape index (κ3) is 3.21. The van der Waals surface area contributed by atoms with Gasteiger partial charge in [-0.3, -0.25) is 0 Å². The second-order valence-electron chi connectivity index (χ2n) is 7.55. The molecule has 6 aliphatic rings. The van der Waals surface area contributed by atoms with E-state index >= 15 is 0 Å². The minimum atomic E-state index is -1.17. The summed E-state index contributed by atoms with van der Waals surface area (Å²) in [5, 5.41) is 5.34. The number of aromatic nitrogens is 2. The summed E-state index contributed by atoms with van der Waals surface area (Å²) in [6.07, 6.45) is 0. The smallest absolute Gasteiger partial charge is 1.00 e. The van der Waals surface area contributed by atoms with E-state index in [-0.39, 0.29) is 24.8 Å². The molecule has 8 rings (SSSR count). The van der Waals surface area contributed by atoms with Crippen LogP contribution in [0.5, 0.6) is 0 Å². The molecule has 0 saturated carbocycles. The first-order chi connectivity index (χ1) is 14.7. The largest absolute Gasteiger partial charge is 1.00 e. The SMILES string of the molecule is Brc1[nH][c]2c3c4ccccc4cc-3c1Sc1c3cc4ccccc4c-3[c]([nH]c1Br)[Zr+2]2.[Cl-].[Cl-]. The van der Waals surface area contributed by atoms with Gasteiger partial charge in [0, 0.05) is 0 Å². The van der Waals surface area contributed by atoms with Gasteiger partial charge in [0.05, 0.1) is 0 Å². The Labute approximate surface area is 229 Å². The van der Waals surface area contributed by atoms with Gasteiger partial charge in [-0.05, 0) is 0 Å². The number of benzene rings is 2. The van der Waals surface area contributed by atoms with Crippen LogP contribution in [0.2, 0.25) is 0 Å². The Hall–Kier alpha value is -0.747. The molecule has 2 aromatic carbocycles. The van der Waals surface area contributed by atoms with E-state index < -0.39 is 23.2 Å². The number of H-pyrrole nitrogens is 2. The zero-order valence-electron chi connectivity index (χ0n) is 16.2. The van der Waals surface area contributed by atoms with Crippen LogP contribution in [0.1, 0.15) is 0 Å². The molecule has 4 bridgehead atoms. The molecule has 4 heterocycles. The van der Waals surface area contributed by atoms with Crippen LogP contribution in [0, 0.1) is 0 Å². The predicted octanol–water partition coefficient (Wildman–Crippen LogP) is 0.890. The summed E-state index contributed by atoms with van der Waals surface area (Å²) in [5.41, 5.74) is 5.50. The summed E-state index contributed by atoms with van der Waals surface area (Å²) in [5.74, 6) is 0. The van der Waals surface area contributed by atoms with E-state index in [0.29, 0.717) is 0 Å². The monoisotopic (exact) mass is 678 g/mol. The van der Waals surface area contributed by atoms with Gasteiger partial charge < -0.3 is 24.8 Å². The summed E-state index contributed by atoms with van der Waals surface area (Å²) in [7, 11) is 0. The minimum absolute atomic E-state index is 0. The molecule has 4 aliphatic heterocycles. The zero-order chi connectivity index (χ0) is 20.0. The summed E-state index contributed by atoms with van der Waals surface area (Å²) in [6, 6.07) is 22.3. The first kappa shape index (κ1) is 23.0. The predicted molar refractivity (Wildman–Crippen MR) is 129 cm³/mol. The summed E-state index contributed by atoms with van der Waals surface area (Å²) in [6.45, 7) is 0. The molecule has 8 heteroatoms. The maximum Gasteiger partial charge on any atom is -1.00 e. The molecular weight excluding hydrogens is 670 g/mol. The van der Waals surface area contributed by atoms with E-state index in [1.165, 1.54) is 60.4 Å². The normalized spacial score (nSPS) is 12.1. The molecule has 0 fully saturated rings. The van der Waals surface area contributed by atoms with Gasteiger partial charge in [-0.2, -0.15) is 0 Å². The number of aromatic amines is 2. The Morgan fingerprint density at radius 2 is 1.09 bits per heavy atom. The van der Waals surface area contributed by atoms with E-state index in [1.807, 2.05) is 11.8 Å². The summed E-state index contributed by atoms with van der Waals surface area (Å²) in [4.78, 5) is 10.0. The van der Waals surface area contributed by atoms with Gasteiger partial charge in [-0.1, -0.05) is 0 Å². The molecular formula is C24H12Br2Cl2N2SZr. The first-order valence-corrected chi connectivity index (χ1v) is 14.5. The Morgan fingerprint density at radius 1 is 0.656 bits per heavy atom. The van der Waals surface area contributed by atoms with Crippen LogP contribution in [0.15, 0.2) is 79.7 Å². The van der Waals surface area contributed by atoms with Crippen LogP contribution in [-0.4, -0.2) is 9.97 Å². The average molecular weight is 682 g/mol. The quantitative estimate of drug-likeness (QED) is 0.229. The molecule has 156 valence electrons. The Balaban J connectivity index is 0.00000108. The topological polar surface area (TPSA) is 31.6 Å². The summed E-state index contributed by atoms with van der Waals surface area (Å²) >= 11 is 8.40. The number of nitrogens with one attached hydrogen (secondary N) is 2. The molecule has 0 amide bonds. The van der Waals surface area contributed by atoms with Crippen LogP contribution in [0.4, 0.5) is 0 Å². The van der Waals surface area contributed by atoms with Crippen LogP contribution in [-0.2, 0) is 23.2 Å². The van der Waals surface area contributed by atoms with E-state index in [9.17, 15) is 0 Å². The number of rotatable bonds is 0. The van der Waals surface area contributed by atoms with E-state index in [4.69, 9.17) is 0 Å². The van der Waals surface area contributed by atoms with Crippen LogP contribution >= 0.6 is 43.6 Å². The number of fused-ring (bicyclic) bond motifs is 3. The third-order valence-corrected chi connectivity index (χ3v) is 12.0. The van der Waals surface area contributed by atoms with E-state index in [0.717, 1.165) is 9.21 Å². The Kier molecular flexibility index (Phi) is 6.10. The Bertz CT molecular complexity index is 1480. The minimum Gasteiger partial charge on any atom is -1.00 e. The van der Waals surface area contributed by atoms with Gasteiger partial charge in [0.2, 0.25) is 0 Å². The van der Waals surface area contributed by atoms with Crippen LogP contribution < -0.4 is 31.6 Å². The number of hydrogen-bond acceptors (Lipinski definition) is 1. The fraction of sp³-hybridized carbons (Fsp3) is 0. The molecule has 0 unspecified atom stereocenters. The molecule has 0 aromatic heterocycles. The van der Waals surface area contributed by atoms with Crippen molar-refractivity contribution in [1.29, 1.82) is 0 Å². The van der Waals surface area contributed by atoms with Crippen molar-refractivity contribution >= 4 is 72.0 Å². The van der Waals surface area contributed by atoms with Crippen molar-refractivity contribution in [3.05, 3.63) is 69.9 Å². The molecule has 32 heavy (non-hydrogen) atoms. The first-order valence-electron chi connectivity index (χ1n) is 9.60. The van der Waals surface area contributed by atoms with E-state index in [2.05, 4.69) is 102 Å². The number of halogens is 4. The second kappa shape index (κ2) is 8.48. The maximum absolute atomic E-state index is 3.87. The van der Waals surface area contributed by atoms with Crippen molar-refractivity contribution in [1.82, 2.24) is 9.97 Å².